The maximum Gasteiger partial charge on any atom is 0.399 e. The third-order valence-corrected chi connectivity index (χ3v) is 2.73. The Morgan fingerprint density at radius 3 is 2.80 bits per heavy atom. The number of ether oxygens (including phenoxy) is 2. The van der Waals surface area contributed by atoms with Gasteiger partial charge in [-0.3, -0.25) is 0 Å². The zero-order chi connectivity index (χ0) is 14.7. The lowest BCUT2D eigenvalue weighted by atomic mass is 10.1. The number of carbonyl (C=O) groups excluding carboxylic acids is 1. The lowest BCUT2D eigenvalue weighted by molar-refractivity contribution is 0.0519. The minimum atomic E-state index is -0.545. The molecule has 0 aliphatic carbocycles. The highest BCUT2D eigenvalue weighted by molar-refractivity contribution is 5.86. The molecule has 0 bridgehead atoms. The number of aryl methyl sites for hydroxylation is 2. The fourth-order valence-electron chi connectivity index (χ4n) is 1.62. The number of nitrogens with zero attached hydrogens (tertiary/aromatic N) is 1. The largest absolute Gasteiger partial charge is 0.461 e. The molecule has 20 heavy (non-hydrogen) atoms. The van der Waals surface area contributed by atoms with Crippen molar-refractivity contribution in [3.63, 3.8) is 0 Å². The van der Waals surface area contributed by atoms with Crippen LogP contribution < -0.4 is 10.5 Å². The summed E-state index contributed by atoms with van der Waals surface area (Å²) >= 11 is 0. The van der Waals surface area contributed by atoms with Crippen molar-refractivity contribution in [3.05, 3.63) is 35.2 Å². The lowest BCUT2D eigenvalue weighted by Gasteiger charge is -2.08. The summed E-state index contributed by atoms with van der Waals surface area (Å²) in [5.74, 6) is 0.0327. The first-order valence-corrected chi connectivity index (χ1v) is 6.18. The summed E-state index contributed by atoms with van der Waals surface area (Å²) in [4.78, 5) is 15.4. The van der Waals surface area contributed by atoms with Crippen molar-refractivity contribution < 1.29 is 18.7 Å². The van der Waals surface area contributed by atoms with E-state index in [1.807, 2.05) is 13.8 Å². The highest BCUT2D eigenvalue weighted by Gasteiger charge is 2.15. The number of anilines is 1. The number of nitrogens with two attached hydrogens (primary N) is 1. The number of hydrogen-bond acceptors (Lipinski definition) is 6. The Balaban J connectivity index is 2.19. The molecule has 1 aromatic carbocycles. The molecule has 0 fully saturated rings. The molecule has 2 N–H and O–H groups in total. The van der Waals surface area contributed by atoms with E-state index < -0.39 is 5.97 Å². The highest BCUT2D eigenvalue weighted by atomic mass is 16.6. The Hall–Kier alpha value is -2.50. The van der Waals surface area contributed by atoms with Crippen LogP contribution >= 0.6 is 0 Å². The molecule has 0 saturated heterocycles. The third kappa shape index (κ3) is 2.90. The summed E-state index contributed by atoms with van der Waals surface area (Å²) in [7, 11) is 0. The van der Waals surface area contributed by atoms with E-state index in [-0.39, 0.29) is 18.4 Å². The molecule has 0 aliphatic heterocycles. The quantitative estimate of drug-likeness (QED) is 0.682. The summed E-state index contributed by atoms with van der Waals surface area (Å²) in [6.45, 7) is 5.73. The first-order valence-electron chi connectivity index (χ1n) is 6.18. The molecule has 2 rings (SSSR count). The number of carbonyl (C=O) groups is 1. The standard InChI is InChI=1S/C14H16N2O4/c1-4-18-13(17)11-7-19-14(16-11)20-12-6-8(2)10(15)5-9(12)3/h5-7H,4,15H2,1-3H3. The number of benzene rings is 1. The van der Waals surface area contributed by atoms with Crippen LogP contribution in [0.25, 0.3) is 0 Å². The van der Waals surface area contributed by atoms with Crippen molar-refractivity contribution in [2.45, 2.75) is 20.8 Å². The molecule has 2 aromatic rings. The van der Waals surface area contributed by atoms with Gasteiger partial charge in [0.05, 0.1) is 6.61 Å². The fourth-order valence-corrected chi connectivity index (χ4v) is 1.62. The maximum atomic E-state index is 11.5. The molecule has 0 saturated carbocycles. The Morgan fingerprint density at radius 1 is 1.35 bits per heavy atom. The van der Waals surface area contributed by atoms with Crippen molar-refractivity contribution in [2.24, 2.45) is 0 Å². The SMILES string of the molecule is CCOC(=O)c1coc(Oc2cc(C)c(N)cc2C)n1. The Morgan fingerprint density at radius 2 is 2.10 bits per heavy atom. The van der Waals surface area contributed by atoms with Gasteiger partial charge in [0.1, 0.15) is 12.0 Å². The van der Waals surface area contributed by atoms with E-state index in [2.05, 4.69) is 4.98 Å². The van der Waals surface area contributed by atoms with Crippen molar-refractivity contribution in [1.82, 2.24) is 4.98 Å². The van der Waals surface area contributed by atoms with Crippen molar-refractivity contribution in [1.29, 1.82) is 0 Å². The van der Waals surface area contributed by atoms with Gasteiger partial charge >= 0.3 is 12.0 Å². The van der Waals surface area contributed by atoms with Crippen molar-refractivity contribution in [3.8, 4) is 11.8 Å². The second-order valence-electron chi connectivity index (χ2n) is 4.30. The number of esters is 1. The van der Waals surface area contributed by atoms with Gasteiger partial charge in [0.2, 0.25) is 0 Å². The van der Waals surface area contributed by atoms with Gasteiger partial charge in [0.15, 0.2) is 5.69 Å². The van der Waals surface area contributed by atoms with E-state index in [0.717, 1.165) is 11.1 Å². The first-order chi connectivity index (χ1) is 9.51. The normalized spacial score (nSPS) is 10.3. The fraction of sp³-hybridized carbons (Fsp3) is 0.286. The van der Waals surface area contributed by atoms with Crippen LogP contribution in [0.15, 0.2) is 22.8 Å². The van der Waals surface area contributed by atoms with E-state index >= 15 is 0 Å². The molecular formula is C14H16N2O4. The molecule has 6 nitrogen and oxygen atoms in total. The van der Waals surface area contributed by atoms with E-state index in [4.69, 9.17) is 19.6 Å². The summed E-state index contributed by atoms with van der Waals surface area (Å²) in [6.07, 6.45) is 1.19. The average molecular weight is 276 g/mol. The molecule has 1 aromatic heterocycles. The van der Waals surface area contributed by atoms with Crippen LogP contribution in [-0.4, -0.2) is 17.6 Å². The Kier molecular flexibility index (Phi) is 3.93. The number of nitrogen functional groups attached to an aromatic ring is 1. The second-order valence-corrected chi connectivity index (χ2v) is 4.30. The van der Waals surface area contributed by atoms with Crippen LogP contribution in [0, 0.1) is 13.8 Å². The van der Waals surface area contributed by atoms with Gasteiger partial charge in [0, 0.05) is 5.69 Å². The smallest absolute Gasteiger partial charge is 0.399 e. The van der Waals surface area contributed by atoms with Gasteiger partial charge in [-0.2, -0.15) is 4.98 Å². The van der Waals surface area contributed by atoms with Crippen LogP contribution in [0.4, 0.5) is 5.69 Å². The van der Waals surface area contributed by atoms with Crippen LogP contribution in [0.1, 0.15) is 28.5 Å². The van der Waals surface area contributed by atoms with Crippen LogP contribution in [0.5, 0.6) is 11.8 Å². The predicted octanol–water partition coefficient (Wildman–Crippen LogP) is 2.84. The van der Waals surface area contributed by atoms with Gasteiger partial charge in [-0.15, -0.1) is 0 Å². The summed E-state index contributed by atoms with van der Waals surface area (Å²) in [6, 6.07) is 3.60. The molecular weight excluding hydrogens is 260 g/mol. The first kappa shape index (κ1) is 13.9. The number of rotatable bonds is 4. The molecule has 0 atom stereocenters. The van der Waals surface area contributed by atoms with Gasteiger partial charge in [0.25, 0.3) is 0 Å². The maximum absolute atomic E-state index is 11.5. The number of aromatic nitrogens is 1. The Bertz CT molecular complexity index is 634. The molecule has 0 amide bonds. The molecule has 1 heterocycles. The lowest BCUT2D eigenvalue weighted by Crippen LogP contribution is -2.04. The van der Waals surface area contributed by atoms with Crippen LogP contribution in [-0.2, 0) is 4.74 Å². The van der Waals surface area contributed by atoms with Crippen LogP contribution in [0.3, 0.4) is 0 Å². The van der Waals surface area contributed by atoms with E-state index in [1.165, 1.54) is 6.26 Å². The van der Waals surface area contributed by atoms with Gasteiger partial charge < -0.3 is 19.6 Å². The third-order valence-electron chi connectivity index (χ3n) is 2.73. The average Bonchev–Trinajstić information content (AvgIpc) is 2.85. The van der Waals surface area contributed by atoms with Crippen molar-refractivity contribution in [2.75, 3.05) is 12.3 Å². The monoisotopic (exact) mass is 276 g/mol. The summed E-state index contributed by atoms with van der Waals surface area (Å²) in [5.41, 5.74) is 8.31. The van der Waals surface area contributed by atoms with Gasteiger partial charge in [-0.05, 0) is 44.0 Å². The zero-order valence-electron chi connectivity index (χ0n) is 11.6. The zero-order valence-corrected chi connectivity index (χ0v) is 11.6. The second kappa shape index (κ2) is 5.64. The predicted molar refractivity (Wildman–Crippen MR) is 72.9 cm³/mol. The molecule has 0 unspecified atom stereocenters. The highest BCUT2D eigenvalue weighted by Crippen LogP contribution is 2.28. The minimum Gasteiger partial charge on any atom is -0.461 e. The number of oxazole rings is 1. The van der Waals surface area contributed by atoms with Gasteiger partial charge in [-0.25, -0.2) is 4.79 Å². The molecule has 106 valence electrons. The van der Waals surface area contributed by atoms with Crippen molar-refractivity contribution >= 4 is 11.7 Å². The molecule has 0 aliphatic rings. The van der Waals surface area contributed by atoms with Crippen LogP contribution in [0.2, 0.25) is 0 Å². The summed E-state index contributed by atoms with van der Waals surface area (Å²) in [5, 5.41) is 0. The molecule has 6 heteroatoms. The van der Waals surface area contributed by atoms with E-state index in [9.17, 15) is 4.79 Å². The summed E-state index contributed by atoms with van der Waals surface area (Å²) < 4.78 is 15.4. The topological polar surface area (TPSA) is 87.6 Å². The molecule has 0 spiro atoms. The Labute approximate surface area is 116 Å². The van der Waals surface area contributed by atoms with E-state index in [0.29, 0.717) is 11.4 Å². The van der Waals surface area contributed by atoms with Gasteiger partial charge in [-0.1, -0.05) is 0 Å². The van der Waals surface area contributed by atoms with E-state index in [1.54, 1.807) is 19.1 Å². The number of hydrogen-bond donors (Lipinski definition) is 1. The molecule has 0 radical (unpaired) electrons. The minimum absolute atomic E-state index is 0.0136.